The zero-order valence-electron chi connectivity index (χ0n) is 13.5. The largest absolute Gasteiger partial charge is 0.394 e. The van der Waals surface area contributed by atoms with E-state index in [-0.39, 0.29) is 36.4 Å². The van der Waals surface area contributed by atoms with E-state index in [1.165, 1.54) is 0 Å². The SMILES string of the molecule is CO[C@@H]1[C@H]2OC(C)(C)OC[C@H]2O[C@H](C[C@H](O)CO)C1(C)C. The van der Waals surface area contributed by atoms with Gasteiger partial charge in [-0.15, -0.1) is 0 Å². The molecule has 0 radical (unpaired) electrons. The van der Waals surface area contributed by atoms with Crippen LogP contribution < -0.4 is 0 Å². The standard InChI is InChI=1S/C15H28O6/c1-14(2)11(6-9(17)7-16)20-10-8-19-15(3,4)21-12(10)13(14)18-5/h9-13,16-17H,6-8H2,1-5H3/t9-,10+,11+,12-,13+/m0/s1. The highest BCUT2D eigenvalue weighted by molar-refractivity contribution is 5.01. The third-order valence-corrected chi connectivity index (χ3v) is 4.53. The van der Waals surface area contributed by atoms with Crippen molar-refractivity contribution >= 4 is 0 Å². The van der Waals surface area contributed by atoms with E-state index in [2.05, 4.69) is 0 Å². The Bertz CT molecular complexity index is 356. The summed E-state index contributed by atoms with van der Waals surface area (Å²) in [7, 11) is 1.67. The third-order valence-electron chi connectivity index (χ3n) is 4.53. The lowest BCUT2D eigenvalue weighted by Crippen LogP contribution is -2.66. The van der Waals surface area contributed by atoms with Gasteiger partial charge in [0, 0.05) is 18.9 Å². The first-order chi connectivity index (χ1) is 9.71. The van der Waals surface area contributed by atoms with Crippen LogP contribution in [0, 0.1) is 5.41 Å². The van der Waals surface area contributed by atoms with Crippen molar-refractivity contribution in [2.24, 2.45) is 5.41 Å². The fourth-order valence-corrected chi connectivity index (χ4v) is 3.30. The number of aliphatic hydroxyl groups excluding tert-OH is 2. The van der Waals surface area contributed by atoms with Crippen molar-refractivity contribution in [1.29, 1.82) is 0 Å². The number of hydrogen-bond donors (Lipinski definition) is 2. The number of fused-ring (bicyclic) bond motifs is 1. The van der Waals surface area contributed by atoms with Crippen LogP contribution in [0.15, 0.2) is 0 Å². The first-order valence-corrected chi connectivity index (χ1v) is 7.50. The van der Waals surface area contributed by atoms with Crippen molar-refractivity contribution in [3.63, 3.8) is 0 Å². The van der Waals surface area contributed by atoms with Crippen molar-refractivity contribution in [3.8, 4) is 0 Å². The van der Waals surface area contributed by atoms with Crippen LogP contribution in [0.4, 0.5) is 0 Å². The van der Waals surface area contributed by atoms with E-state index < -0.39 is 11.9 Å². The molecule has 2 rings (SSSR count). The van der Waals surface area contributed by atoms with Crippen LogP contribution >= 0.6 is 0 Å². The topological polar surface area (TPSA) is 77.4 Å². The molecular weight excluding hydrogens is 276 g/mol. The molecule has 0 aromatic heterocycles. The molecule has 5 atom stereocenters. The fourth-order valence-electron chi connectivity index (χ4n) is 3.30. The van der Waals surface area contributed by atoms with E-state index in [1.54, 1.807) is 7.11 Å². The van der Waals surface area contributed by atoms with E-state index in [0.29, 0.717) is 13.0 Å². The van der Waals surface area contributed by atoms with Crippen LogP contribution in [0.25, 0.3) is 0 Å². The molecule has 0 bridgehead atoms. The minimum absolute atomic E-state index is 0.171. The summed E-state index contributed by atoms with van der Waals surface area (Å²) >= 11 is 0. The molecular formula is C15H28O6. The molecule has 0 amide bonds. The first kappa shape index (κ1) is 17.1. The highest BCUT2D eigenvalue weighted by Crippen LogP contribution is 2.44. The predicted molar refractivity (Wildman–Crippen MR) is 75.9 cm³/mol. The summed E-state index contributed by atoms with van der Waals surface area (Å²) < 4.78 is 23.5. The molecule has 6 heteroatoms. The highest BCUT2D eigenvalue weighted by atomic mass is 16.7. The van der Waals surface area contributed by atoms with Gasteiger partial charge in [-0.2, -0.15) is 0 Å². The molecule has 0 aromatic carbocycles. The number of methoxy groups -OCH3 is 1. The first-order valence-electron chi connectivity index (χ1n) is 7.50. The van der Waals surface area contributed by atoms with Crippen molar-refractivity contribution in [2.45, 2.75) is 70.4 Å². The number of rotatable bonds is 4. The highest BCUT2D eigenvalue weighted by Gasteiger charge is 2.55. The zero-order chi connectivity index (χ0) is 15.8. The summed E-state index contributed by atoms with van der Waals surface area (Å²) in [5.41, 5.74) is -0.348. The summed E-state index contributed by atoms with van der Waals surface area (Å²) in [6, 6.07) is 0. The van der Waals surface area contributed by atoms with E-state index in [9.17, 15) is 5.11 Å². The molecule has 2 saturated heterocycles. The lowest BCUT2D eigenvalue weighted by atomic mass is 9.72. The number of ether oxygens (including phenoxy) is 4. The lowest BCUT2D eigenvalue weighted by Gasteiger charge is -2.55. The normalized spacial score (nSPS) is 39.6. The second kappa shape index (κ2) is 6.10. The van der Waals surface area contributed by atoms with E-state index >= 15 is 0 Å². The van der Waals surface area contributed by atoms with E-state index in [1.807, 2.05) is 27.7 Å². The van der Waals surface area contributed by atoms with Crippen molar-refractivity contribution in [2.75, 3.05) is 20.3 Å². The van der Waals surface area contributed by atoms with Gasteiger partial charge in [0.05, 0.1) is 31.5 Å². The Morgan fingerprint density at radius 1 is 1.29 bits per heavy atom. The molecule has 2 aliphatic rings. The average molecular weight is 304 g/mol. The Balaban J connectivity index is 2.20. The van der Waals surface area contributed by atoms with Gasteiger partial charge in [-0.3, -0.25) is 0 Å². The van der Waals surface area contributed by atoms with Gasteiger partial charge in [0.1, 0.15) is 12.2 Å². The van der Waals surface area contributed by atoms with Gasteiger partial charge in [-0.25, -0.2) is 0 Å². The average Bonchev–Trinajstić information content (AvgIpc) is 2.39. The Morgan fingerprint density at radius 2 is 1.95 bits per heavy atom. The van der Waals surface area contributed by atoms with Crippen LogP contribution in [-0.2, 0) is 18.9 Å². The van der Waals surface area contributed by atoms with Gasteiger partial charge >= 0.3 is 0 Å². The molecule has 0 spiro atoms. The van der Waals surface area contributed by atoms with Crippen molar-refractivity contribution in [3.05, 3.63) is 0 Å². The quantitative estimate of drug-likeness (QED) is 0.796. The van der Waals surface area contributed by atoms with Crippen LogP contribution in [0.1, 0.15) is 34.1 Å². The fraction of sp³-hybridized carbons (Fsp3) is 1.00. The Morgan fingerprint density at radius 3 is 2.52 bits per heavy atom. The van der Waals surface area contributed by atoms with E-state index in [0.717, 1.165) is 0 Å². The summed E-state index contributed by atoms with van der Waals surface area (Å²) in [6.07, 6.45) is -1.29. The maximum Gasteiger partial charge on any atom is 0.163 e. The van der Waals surface area contributed by atoms with Crippen LogP contribution in [0.2, 0.25) is 0 Å². The monoisotopic (exact) mass is 304 g/mol. The van der Waals surface area contributed by atoms with Crippen molar-refractivity contribution < 1.29 is 29.2 Å². The maximum absolute atomic E-state index is 9.75. The van der Waals surface area contributed by atoms with Crippen LogP contribution in [0.3, 0.4) is 0 Å². The van der Waals surface area contributed by atoms with Gasteiger partial charge in [-0.1, -0.05) is 13.8 Å². The molecule has 21 heavy (non-hydrogen) atoms. The van der Waals surface area contributed by atoms with Gasteiger partial charge in [0.2, 0.25) is 0 Å². The van der Waals surface area contributed by atoms with Crippen molar-refractivity contribution in [1.82, 2.24) is 0 Å². The molecule has 124 valence electrons. The number of aliphatic hydroxyl groups is 2. The molecule has 0 unspecified atom stereocenters. The molecule has 2 aliphatic heterocycles. The van der Waals surface area contributed by atoms with Crippen LogP contribution in [-0.4, -0.2) is 66.8 Å². The second-order valence-corrected chi connectivity index (χ2v) is 7.01. The smallest absolute Gasteiger partial charge is 0.163 e. The number of hydrogen-bond acceptors (Lipinski definition) is 6. The Labute approximate surface area is 126 Å². The van der Waals surface area contributed by atoms with Gasteiger partial charge in [0.25, 0.3) is 0 Å². The molecule has 2 heterocycles. The maximum atomic E-state index is 9.75. The minimum atomic E-state index is -0.801. The lowest BCUT2D eigenvalue weighted by molar-refractivity contribution is -0.366. The predicted octanol–water partition coefficient (Wildman–Crippen LogP) is 0.690. The molecule has 2 N–H and O–H groups in total. The molecule has 2 fully saturated rings. The Kier molecular flexibility index (Phi) is 4.97. The molecule has 6 nitrogen and oxygen atoms in total. The molecule has 0 aromatic rings. The second-order valence-electron chi connectivity index (χ2n) is 7.01. The Hall–Kier alpha value is -0.240. The van der Waals surface area contributed by atoms with E-state index in [4.69, 9.17) is 24.1 Å². The van der Waals surface area contributed by atoms with Gasteiger partial charge in [-0.05, 0) is 13.8 Å². The van der Waals surface area contributed by atoms with Gasteiger partial charge < -0.3 is 29.2 Å². The zero-order valence-corrected chi connectivity index (χ0v) is 13.5. The summed E-state index contributed by atoms with van der Waals surface area (Å²) in [4.78, 5) is 0. The molecule has 0 saturated carbocycles. The summed E-state index contributed by atoms with van der Waals surface area (Å²) in [5, 5.41) is 18.8. The van der Waals surface area contributed by atoms with Crippen LogP contribution in [0.5, 0.6) is 0 Å². The molecule has 0 aliphatic carbocycles. The minimum Gasteiger partial charge on any atom is -0.394 e. The van der Waals surface area contributed by atoms with Gasteiger partial charge in [0.15, 0.2) is 5.79 Å². The summed E-state index contributed by atoms with van der Waals surface area (Å²) in [5.74, 6) is -0.658. The summed E-state index contributed by atoms with van der Waals surface area (Å²) in [6.45, 7) is 7.99. The third kappa shape index (κ3) is 3.41.